The molecule has 0 spiro atoms. The van der Waals surface area contributed by atoms with E-state index in [0.717, 1.165) is 12.3 Å². The molecule has 2 aromatic carbocycles. The number of aromatic nitrogens is 3. The molecule has 3 N–H and O–H groups in total. The minimum absolute atomic E-state index is 0.0131. The summed E-state index contributed by atoms with van der Waals surface area (Å²) < 4.78 is 91.4. The Hall–Kier alpha value is -3.21. The van der Waals surface area contributed by atoms with E-state index in [0.29, 0.717) is 29.0 Å². The molecule has 0 amide bonds. The number of ether oxygens (including phenoxy) is 2. The summed E-state index contributed by atoms with van der Waals surface area (Å²) in [5, 5.41) is 3.35. The second-order valence-electron chi connectivity index (χ2n) is 9.05. The molecule has 0 aliphatic heterocycles. The van der Waals surface area contributed by atoms with Gasteiger partial charge >= 0.3 is 13.7 Å². The number of pyridine rings is 1. The number of carbonyl (C=O) groups excluding carboxylic acids is 1. The first-order chi connectivity index (χ1) is 22.3. The summed E-state index contributed by atoms with van der Waals surface area (Å²) in [6.07, 6.45) is -4.56. The summed E-state index contributed by atoms with van der Waals surface area (Å²) in [5.41, 5.74) is 7.93. The highest BCUT2D eigenvalue weighted by molar-refractivity contribution is 7.52. The molecule has 4 aromatic rings. The lowest BCUT2D eigenvalue weighted by Crippen LogP contribution is -2.37. The number of nitrogen functional groups attached to an aromatic ring is 1. The van der Waals surface area contributed by atoms with Crippen LogP contribution >= 0.6 is 19.3 Å². The van der Waals surface area contributed by atoms with Crippen LogP contribution in [0.3, 0.4) is 0 Å². The molecular formula is C28H35ClN5O6P. The van der Waals surface area contributed by atoms with E-state index in [1.54, 1.807) is 23.6 Å². The van der Waals surface area contributed by atoms with Gasteiger partial charge in [-0.15, -0.1) is 0 Å². The predicted molar refractivity (Wildman–Crippen MR) is 159 cm³/mol. The molecule has 0 fully saturated rings. The van der Waals surface area contributed by atoms with Crippen molar-refractivity contribution in [3.8, 4) is 5.75 Å². The molecule has 0 aliphatic carbocycles. The third kappa shape index (κ3) is 7.55. The topological polar surface area (TPSA) is 140 Å². The number of esters is 1. The van der Waals surface area contributed by atoms with Gasteiger partial charge in [-0.25, -0.2) is 14.5 Å². The van der Waals surface area contributed by atoms with Gasteiger partial charge in [0.05, 0.1) is 31.1 Å². The van der Waals surface area contributed by atoms with Crippen LogP contribution in [-0.4, -0.2) is 45.3 Å². The van der Waals surface area contributed by atoms with E-state index in [9.17, 15) is 9.36 Å². The standard InChI is InChI=1S/C28H35ClN5O6P/c1-6-37-16-24-32-25-26(22-12-7-8-13-23(22)31-27(25)30)34(24)15-18(4)39-41(36,33-19(5)28(35)38-17(2)3)40-21-11-9-10-20(29)14-21/h7-14,17-19H,6,15-16H2,1-5H3,(H2,30,31)(H,33,36)/t18-,19+,41+/m1/s1/i2D3,3D3,17D. The molecule has 4 rings (SSSR count). The number of rotatable bonds is 13. The number of imidazole rings is 1. The number of hydrogen-bond acceptors (Lipinski definition) is 9. The number of halogens is 1. The fourth-order valence-corrected chi connectivity index (χ4v) is 6.00. The van der Waals surface area contributed by atoms with Crippen molar-refractivity contribution in [2.24, 2.45) is 0 Å². The Kier molecular flexibility index (Phi) is 7.20. The van der Waals surface area contributed by atoms with E-state index >= 15 is 0 Å². The molecule has 11 nitrogen and oxygen atoms in total. The molecular weight excluding hydrogens is 569 g/mol. The van der Waals surface area contributed by atoms with Crippen LogP contribution in [0.25, 0.3) is 21.9 Å². The fraction of sp³-hybridized carbons (Fsp3) is 0.393. The third-order valence-electron chi connectivity index (χ3n) is 5.81. The highest BCUT2D eigenvalue weighted by Crippen LogP contribution is 2.47. The van der Waals surface area contributed by atoms with Crippen molar-refractivity contribution in [3.05, 3.63) is 59.4 Å². The van der Waals surface area contributed by atoms with Gasteiger partial charge in [0.1, 0.15) is 29.7 Å². The van der Waals surface area contributed by atoms with Crippen molar-refractivity contribution in [2.75, 3.05) is 12.3 Å². The average Bonchev–Trinajstić information content (AvgIpc) is 3.33. The molecule has 0 radical (unpaired) electrons. The second-order valence-corrected chi connectivity index (χ2v) is 11.1. The minimum Gasteiger partial charge on any atom is -0.462 e. The number of benzene rings is 2. The number of anilines is 1. The minimum atomic E-state index is -4.60. The largest absolute Gasteiger partial charge is 0.462 e. The molecule has 0 unspecified atom stereocenters. The maximum atomic E-state index is 14.3. The van der Waals surface area contributed by atoms with Crippen molar-refractivity contribution in [1.29, 1.82) is 0 Å². The molecule has 13 heteroatoms. The van der Waals surface area contributed by atoms with Crippen LogP contribution in [0.2, 0.25) is 5.02 Å². The number of nitrogens with zero attached hydrogens (tertiary/aromatic N) is 3. The van der Waals surface area contributed by atoms with Gasteiger partial charge in [-0.3, -0.25) is 9.32 Å². The summed E-state index contributed by atoms with van der Waals surface area (Å²) in [5.74, 6) is -0.848. The number of hydrogen-bond donors (Lipinski definition) is 2. The lowest BCUT2D eigenvalue weighted by Gasteiger charge is -2.26. The highest BCUT2D eigenvalue weighted by atomic mass is 35.5. The van der Waals surface area contributed by atoms with Crippen molar-refractivity contribution in [1.82, 2.24) is 19.6 Å². The van der Waals surface area contributed by atoms with E-state index in [2.05, 4.69) is 15.1 Å². The summed E-state index contributed by atoms with van der Waals surface area (Å²) in [6, 6.07) is 11.5. The van der Waals surface area contributed by atoms with Crippen molar-refractivity contribution in [3.63, 3.8) is 0 Å². The van der Waals surface area contributed by atoms with Crippen LogP contribution in [0.1, 0.15) is 49.9 Å². The van der Waals surface area contributed by atoms with E-state index in [4.69, 9.17) is 45.5 Å². The Bertz CT molecular complexity index is 1830. The smallest absolute Gasteiger partial charge is 0.459 e. The van der Waals surface area contributed by atoms with E-state index in [1.807, 2.05) is 25.1 Å². The number of fused-ring (bicyclic) bond motifs is 3. The van der Waals surface area contributed by atoms with Gasteiger partial charge in [-0.05, 0) is 58.7 Å². The number of nitrogens with one attached hydrogen (secondary N) is 1. The Morgan fingerprint density at radius 3 is 2.73 bits per heavy atom. The summed E-state index contributed by atoms with van der Waals surface area (Å²) in [7, 11) is -4.60. The molecule has 41 heavy (non-hydrogen) atoms. The van der Waals surface area contributed by atoms with Crippen molar-refractivity contribution >= 4 is 53.1 Å². The number of nitrogens with two attached hydrogens (primary N) is 1. The number of carbonyl (C=O) groups is 1. The predicted octanol–water partition coefficient (Wildman–Crippen LogP) is 5.88. The molecule has 0 bridgehead atoms. The van der Waals surface area contributed by atoms with Crippen LogP contribution in [0.15, 0.2) is 48.5 Å². The lowest BCUT2D eigenvalue weighted by molar-refractivity contribution is -0.149. The normalized spacial score (nSPS) is 18.1. The maximum Gasteiger partial charge on any atom is 0.459 e. The monoisotopic (exact) mass is 610 g/mol. The SMILES string of the molecule is [2H]C([2H])([2H])C([2H])(OC(=O)[C@H](C)N[P@@](=O)(Oc1cccc(Cl)c1)O[C@H](C)Cn1c(COCC)nc2c(N)nc3ccccc3c21)C([2H])([2H])[2H]. The molecule has 2 heterocycles. The van der Waals surface area contributed by atoms with Gasteiger partial charge in [0.25, 0.3) is 0 Å². The van der Waals surface area contributed by atoms with Gasteiger partial charge < -0.3 is 24.3 Å². The first-order valence-electron chi connectivity index (χ1n) is 16.1. The van der Waals surface area contributed by atoms with Crippen LogP contribution in [0.5, 0.6) is 5.75 Å². The highest BCUT2D eigenvalue weighted by Gasteiger charge is 2.35. The van der Waals surface area contributed by atoms with Crippen LogP contribution < -0.4 is 15.3 Å². The first kappa shape index (κ1) is 22.4. The van der Waals surface area contributed by atoms with E-state index in [1.165, 1.54) is 18.2 Å². The van der Waals surface area contributed by atoms with Gasteiger partial charge in [-0.2, -0.15) is 5.09 Å². The van der Waals surface area contributed by atoms with E-state index in [-0.39, 0.29) is 29.7 Å². The molecule has 220 valence electrons. The fourth-order valence-electron chi connectivity index (χ4n) is 4.15. The molecule has 3 atom stereocenters. The Balaban J connectivity index is 1.69. The summed E-state index contributed by atoms with van der Waals surface area (Å²) in [6.45, 7) is -2.05. The quantitative estimate of drug-likeness (QED) is 0.139. The van der Waals surface area contributed by atoms with Gasteiger partial charge in [0, 0.05) is 25.2 Å². The van der Waals surface area contributed by atoms with Crippen LogP contribution in [-0.2, 0) is 36.5 Å². The zero-order valence-electron chi connectivity index (χ0n) is 29.6. The van der Waals surface area contributed by atoms with Gasteiger partial charge in [0.15, 0.2) is 5.82 Å². The Labute approximate surface area is 253 Å². The van der Waals surface area contributed by atoms with Crippen molar-refractivity contribution < 1.29 is 37.5 Å². The first-order valence-corrected chi connectivity index (χ1v) is 14.6. The number of para-hydroxylation sites is 1. The van der Waals surface area contributed by atoms with Gasteiger partial charge in [-0.1, -0.05) is 35.9 Å². The summed E-state index contributed by atoms with van der Waals surface area (Å²) >= 11 is 6.09. The zero-order chi connectivity index (χ0) is 35.7. The Morgan fingerprint density at radius 2 is 2.00 bits per heavy atom. The maximum absolute atomic E-state index is 14.3. The molecule has 0 saturated heterocycles. The summed E-state index contributed by atoms with van der Waals surface area (Å²) in [4.78, 5) is 22.1. The average molecular weight is 611 g/mol. The second kappa shape index (κ2) is 13.2. The van der Waals surface area contributed by atoms with E-state index < -0.39 is 45.6 Å². The molecule has 0 saturated carbocycles. The molecule has 0 aliphatic rings. The van der Waals surface area contributed by atoms with Crippen molar-refractivity contribution in [2.45, 2.75) is 65.9 Å². The van der Waals surface area contributed by atoms with Crippen LogP contribution in [0.4, 0.5) is 5.82 Å². The van der Waals surface area contributed by atoms with Crippen LogP contribution in [0, 0.1) is 0 Å². The zero-order valence-corrected chi connectivity index (χ0v) is 24.2. The van der Waals surface area contributed by atoms with Gasteiger partial charge in [0.2, 0.25) is 0 Å². The lowest BCUT2D eigenvalue weighted by atomic mass is 10.2. The molecule has 2 aromatic heterocycles. The third-order valence-corrected chi connectivity index (χ3v) is 7.84. The Morgan fingerprint density at radius 1 is 1.22 bits per heavy atom.